The molecule has 0 bridgehead atoms. The molecule has 26 heavy (non-hydrogen) atoms. The fourth-order valence-electron chi connectivity index (χ4n) is 2.32. The van der Waals surface area contributed by atoms with E-state index in [1.807, 2.05) is 49.3 Å². The summed E-state index contributed by atoms with van der Waals surface area (Å²) in [7, 11) is 3.71. The molecule has 1 aromatic heterocycles. The smallest absolute Gasteiger partial charge is 0.382 e. The van der Waals surface area contributed by atoms with Crippen molar-refractivity contribution in [3.8, 4) is 0 Å². The zero-order chi connectivity index (χ0) is 19.5. The first-order valence-corrected chi connectivity index (χ1v) is 8.30. The van der Waals surface area contributed by atoms with Gasteiger partial charge in [0.05, 0.1) is 6.04 Å². The molecule has 0 saturated heterocycles. The van der Waals surface area contributed by atoms with Gasteiger partial charge in [-0.3, -0.25) is 4.79 Å². The summed E-state index contributed by atoms with van der Waals surface area (Å²) in [4.78, 5) is 21.1. The zero-order valence-corrected chi connectivity index (χ0v) is 15.6. The lowest BCUT2D eigenvalue weighted by Crippen LogP contribution is -2.35. The van der Waals surface area contributed by atoms with E-state index in [0.717, 1.165) is 5.56 Å². The lowest BCUT2D eigenvalue weighted by molar-refractivity contribution is -0.142. The number of carbonyl (C=O) groups excluding carboxylic acids is 1. The van der Waals surface area contributed by atoms with Gasteiger partial charge in [0.25, 0.3) is 5.91 Å². The Morgan fingerprint density at radius 1 is 1.27 bits per heavy atom. The second-order valence-electron chi connectivity index (χ2n) is 5.69. The maximum Gasteiger partial charge on any atom is 0.436 e. The van der Waals surface area contributed by atoms with Crippen LogP contribution < -0.4 is 11.1 Å². The highest BCUT2D eigenvalue weighted by atomic mass is 79.9. The maximum atomic E-state index is 12.8. The van der Waals surface area contributed by atoms with Crippen LogP contribution in [0.4, 0.5) is 19.0 Å². The van der Waals surface area contributed by atoms with Gasteiger partial charge in [0.2, 0.25) is 0 Å². The number of nitrogen functional groups attached to an aromatic ring is 1. The molecule has 0 aliphatic carbocycles. The quantitative estimate of drug-likeness (QED) is 0.760. The van der Waals surface area contributed by atoms with Gasteiger partial charge in [-0.05, 0) is 35.6 Å². The Balaban J connectivity index is 2.18. The van der Waals surface area contributed by atoms with Crippen molar-refractivity contribution in [2.24, 2.45) is 0 Å². The average molecular weight is 432 g/mol. The van der Waals surface area contributed by atoms with E-state index in [9.17, 15) is 18.0 Å². The topological polar surface area (TPSA) is 84.1 Å². The highest BCUT2D eigenvalue weighted by Crippen LogP contribution is 2.33. The summed E-state index contributed by atoms with van der Waals surface area (Å²) in [5, 5.41) is 2.64. The molecular weight excluding hydrogens is 415 g/mol. The monoisotopic (exact) mass is 431 g/mol. The van der Waals surface area contributed by atoms with Gasteiger partial charge >= 0.3 is 6.18 Å². The summed E-state index contributed by atoms with van der Waals surface area (Å²) in [5.41, 5.74) is 4.84. The number of nitrogens with two attached hydrogens (primary N) is 1. The van der Waals surface area contributed by atoms with Crippen LogP contribution in [0.5, 0.6) is 0 Å². The number of amides is 1. The normalized spacial score (nSPS) is 12.9. The van der Waals surface area contributed by atoms with Crippen LogP contribution in [0.2, 0.25) is 0 Å². The first-order chi connectivity index (χ1) is 12.1. The number of aromatic nitrogens is 2. The number of rotatable bonds is 5. The molecule has 0 spiro atoms. The number of hydrogen-bond donors (Lipinski definition) is 2. The van der Waals surface area contributed by atoms with E-state index in [-0.39, 0.29) is 18.3 Å². The van der Waals surface area contributed by atoms with E-state index in [1.165, 1.54) is 0 Å². The van der Waals surface area contributed by atoms with Crippen molar-refractivity contribution in [2.45, 2.75) is 12.2 Å². The molecule has 2 aromatic rings. The molecule has 2 rings (SSSR count). The van der Waals surface area contributed by atoms with Crippen LogP contribution in [-0.4, -0.2) is 41.4 Å². The highest BCUT2D eigenvalue weighted by Gasteiger charge is 2.37. The summed E-state index contributed by atoms with van der Waals surface area (Å²) in [6.07, 6.45) is -4.72. The number of alkyl halides is 3. The first-order valence-electron chi connectivity index (χ1n) is 7.51. The summed E-state index contributed by atoms with van der Waals surface area (Å²) in [6, 6.07) is 9.34. The molecule has 1 atom stereocenters. The van der Waals surface area contributed by atoms with Gasteiger partial charge in [-0.2, -0.15) is 13.2 Å². The minimum absolute atomic E-state index is 0.132. The van der Waals surface area contributed by atoms with Crippen LogP contribution in [0.15, 0.2) is 34.9 Å². The van der Waals surface area contributed by atoms with E-state index < -0.39 is 28.2 Å². The van der Waals surface area contributed by atoms with Crippen LogP contribution in [0, 0.1) is 0 Å². The molecular formula is C16H17BrF3N5O. The minimum Gasteiger partial charge on any atom is -0.382 e. The van der Waals surface area contributed by atoms with Crippen molar-refractivity contribution in [3.05, 3.63) is 51.9 Å². The largest absolute Gasteiger partial charge is 0.436 e. The van der Waals surface area contributed by atoms with Crippen molar-refractivity contribution in [3.63, 3.8) is 0 Å². The highest BCUT2D eigenvalue weighted by molar-refractivity contribution is 9.10. The molecule has 1 heterocycles. The third-order valence-electron chi connectivity index (χ3n) is 3.63. The lowest BCUT2D eigenvalue weighted by Gasteiger charge is -2.25. The summed E-state index contributed by atoms with van der Waals surface area (Å²) >= 11 is 2.69. The van der Waals surface area contributed by atoms with E-state index in [0.29, 0.717) is 0 Å². The third kappa shape index (κ3) is 4.70. The van der Waals surface area contributed by atoms with Crippen molar-refractivity contribution < 1.29 is 18.0 Å². The number of hydrogen-bond acceptors (Lipinski definition) is 5. The van der Waals surface area contributed by atoms with E-state index >= 15 is 0 Å². The average Bonchev–Trinajstić information content (AvgIpc) is 2.56. The molecule has 0 aliphatic heterocycles. The van der Waals surface area contributed by atoms with E-state index in [4.69, 9.17) is 5.73 Å². The summed E-state index contributed by atoms with van der Waals surface area (Å²) in [5.74, 6) is -1.29. The molecule has 3 N–H and O–H groups in total. The van der Waals surface area contributed by atoms with E-state index in [1.54, 1.807) is 0 Å². The summed E-state index contributed by atoms with van der Waals surface area (Å²) < 4.78 is 37.8. The van der Waals surface area contributed by atoms with Gasteiger partial charge in [0.15, 0.2) is 17.2 Å². The van der Waals surface area contributed by atoms with Crippen molar-refractivity contribution in [1.82, 2.24) is 20.2 Å². The molecule has 1 amide bonds. The molecule has 1 unspecified atom stereocenters. The lowest BCUT2D eigenvalue weighted by atomic mass is 10.1. The second kappa shape index (κ2) is 8.00. The predicted molar refractivity (Wildman–Crippen MR) is 94.3 cm³/mol. The van der Waals surface area contributed by atoms with Crippen LogP contribution in [0.1, 0.15) is 27.8 Å². The van der Waals surface area contributed by atoms with Crippen LogP contribution in [0.25, 0.3) is 0 Å². The van der Waals surface area contributed by atoms with Gasteiger partial charge in [0, 0.05) is 6.54 Å². The zero-order valence-electron chi connectivity index (χ0n) is 14.0. The molecule has 1 aromatic carbocycles. The number of nitrogens with one attached hydrogen (secondary N) is 1. The number of carbonyl (C=O) groups is 1. The molecule has 10 heteroatoms. The fourth-order valence-corrected chi connectivity index (χ4v) is 2.81. The third-order valence-corrected chi connectivity index (χ3v) is 4.18. The Bertz CT molecular complexity index is 783. The molecule has 140 valence electrons. The number of halogens is 4. The standard InChI is InChI=1S/C16H17BrF3N5O/c1-25(2)10(9-6-4-3-5-7-9)8-22-15(26)11-14(21)24-12(13(17)23-11)16(18,19)20/h3-7,10H,8H2,1-2H3,(H2,21,24)(H,22,26). The van der Waals surface area contributed by atoms with Gasteiger partial charge in [0.1, 0.15) is 4.60 Å². The predicted octanol–water partition coefficient (Wildman–Crippen LogP) is 2.87. The Hall–Kier alpha value is -2.20. The van der Waals surface area contributed by atoms with Crippen LogP contribution in [-0.2, 0) is 6.18 Å². The number of nitrogens with zero attached hydrogens (tertiary/aromatic N) is 3. The van der Waals surface area contributed by atoms with Crippen molar-refractivity contribution in [1.29, 1.82) is 0 Å². The number of benzene rings is 1. The number of anilines is 1. The van der Waals surface area contributed by atoms with Crippen molar-refractivity contribution >= 4 is 27.7 Å². The molecule has 0 fully saturated rings. The molecule has 6 nitrogen and oxygen atoms in total. The fraction of sp³-hybridized carbons (Fsp3) is 0.312. The van der Waals surface area contributed by atoms with Gasteiger partial charge < -0.3 is 16.0 Å². The second-order valence-corrected chi connectivity index (χ2v) is 6.45. The maximum absolute atomic E-state index is 12.8. The molecule has 0 radical (unpaired) electrons. The van der Waals surface area contributed by atoms with Crippen LogP contribution in [0.3, 0.4) is 0 Å². The Morgan fingerprint density at radius 3 is 2.42 bits per heavy atom. The van der Waals surface area contributed by atoms with Gasteiger partial charge in [-0.25, -0.2) is 9.97 Å². The number of likely N-dealkylation sites (N-methyl/N-ethyl adjacent to an activating group) is 1. The first kappa shape index (κ1) is 20.1. The molecule has 0 aliphatic rings. The summed E-state index contributed by atoms with van der Waals surface area (Å²) in [6.45, 7) is 0.218. The van der Waals surface area contributed by atoms with Crippen LogP contribution >= 0.6 is 15.9 Å². The SMILES string of the molecule is CN(C)C(CNC(=O)c1nc(Br)c(C(F)(F)F)nc1N)c1ccccc1. The molecule has 0 saturated carbocycles. The van der Waals surface area contributed by atoms with Gasteiger partial charge in [-0.15, -0.1) is 0 Å². The Kier molecular flexibility index (Phi) is 6.19. The Morgan fingerprint density at radius 2 is 1.88 bits per heavy atom. The Labute approximate surface area is 156 Å². The minimum atomic E-state index is -4.72. The van der Waals surface area contributed by atoms with Gasteiger partial charge in [-0.1, -0.05) is 30.3 Å². The van der Waals surface area contributed by atoms with E-state index in [2.05, 4.69) is 31.2 Å². The van der Waals surface area contributed by atoms with Crippen molar-refractivity contribution in [2.75, 3.05) is 26.4 Å².